The van der Waals surface area contributed by atoms with Crippen LogP contribution >= 0.6 is 0 Å². The highest BCUT2D eigenvalue weighted by Gasteiger charge is 2.11. The van der Waals surface area contributed by atoms with Crippen LogP contribution in [0.5, 0.6) is 5.75 Å². The number of benzene rings is 2. The van der Waals surface area contributed by atoms with Gasteiger partial charge >= 0.3 is 0 Å². The highest BCUT2D eigenvalue weighted by atomic mass is 16.5. The first-order valence-electron chi connectivity index (χ1n) is 10.3. The first-order valence-corrected chi connectivity index (χ1v) is 10.3. The lowest BCUT2D eigenvalue weighted by atomic mass is 10.2. The highest BCUT2D eigenvalue weighted by molar-refractivity contribution is 5.27. The summed E-state index contributed by atoms with van der Waals surface area (Å²) in [5, 5.41) is 10.3. The molecule has 2 rings (SSSR count). The zero-order valence-corrected chi connectivity index (χ0v) is 18.3. The van der Waals surface area contributed by atoms with E-state index in [1.54, 1.807) is 7.11 Å². The molecule has 0 fully saturated rings. The minimum Gasteiger partial charge on any atom is -0.491 e. The molecule has 1 unspecified atom stereocenters. The van der Waals surface area contributed by atoms with E-state index in [4.69, 9.17) is 9.47 Å². The number of rotatable bonds is 13. The number of nitrogens with zero attached hydrogens (tertiary/aromatic N) is 2. The monoisotopic (exact) mass is 400 g/mol. The van der Waals surface area contributed by atoms with E-state index in [1.807, 2.05) is 37.4 Å². The maximum Gasteiger partial charge on any atom is 0.119 e. The van der Waals surface area contributed by atoms with Crippen molar-refractivity contribution in [1.82, 2.24) is 9.80 Å². The molecule has 160 valence electrons. The van der Waals surface area contributed by atoms with Gasteiger partial charge in [-0.05, 0) is 44.2 Å². The van der Waals surface area contributed by atoms with Crippen molar-refractivity contribution in [2.75, 3.05) is 40.5 Å². The van der Waals surface area contributed by atoms with Crippen LogP contribution in [0.15, 0.2) is 54.6 Å². The zero-order valence-electron chi connectivity index (χ0n) is 18.3. The van der Waals surface area contributed by atoms with Gasteiger partial charge in [-0.1, -0.05) is 42.5 Å². The Bertz CT molecular complexity index is 676. The number of hydrogen-bond acceptors (Lipinski definition) is 5. The molecule has 0 aliphatic carbocycles. The van der Waals surface area contributed by atoms with Gasteiger partial charge in [0.05, 0.1) is 6.61 Å². The second-order valence-electron chi connectivity index (χ2n) is 7.85. The molecule has 0 bridgehead atoms. The summed E-state index contributed by atoms with van der Waals surface area (Å²) in [6, 6.07) is 18.9. The Labute approximate surface area is 175 Å². The molecule has 0 aliphatic rings. The average Bonchev–Trinajstić information content (AvgIpc) is 2.71. The number of hydrogen-bond donors (Lipinski definition) is 1. The lowest BCUT2D eigenvalue weighted by Gasteiger charge is -2.26. The van der Waals surface area contributed by atoms with Gasteiger partial charge in [0.15, 0.2) is 0 Å². The lowest BCUT2D eigenvalue weighted by molar-refractivity contribution is 0.0744. The summed E-state index contributed by atoms with van der Waals surface area (Å²) in [5.74, 6) is 0.784. The molecule has 1 N–H and O–H groups in total. The molecular formula is C24H36N2O3. The maximum absolute atomic E-state index is 10.3. The Morgan fingerprint density at radius 3 is 2.21 bits per heavy atom. The summed E-state index contributed by atoms with van der Waals surface area (Å²) in [7, 11) is 3.74. The molecule has 5 nitrogen and oxygen atoms in total. The summed E-state index contributed by atoms with van der Waals surface area (Å²) in [6.07, 6.45) is -0.533. The van der Waals surface area contributed by atoms with Crippen LogP contribution in [0, 0.1) is 0 Å². The van der Waals surface area contributed by atoms with Crippen LogP contribution in [-0.4, -0.2) is 67.5 Å². The molecule has 0 aromatic heterocycles. The molecule has 2 aromatic carbocycles. The third-order valence-electron chi connectivity index (χ3n) is 4.88. The largest absolute Gasteiger partial charge is 0.491 e. The van der Waals surface area contributed by atoms with Crippen molar-refractivity contribution in [3.8, 4) is 5.75 Å². The summed E-state index contributed by atoms with van der Waals surface area (Å²) < 4.78 is 11.0. The van der Waals surface area contributed by atoms with Gasteiger partial charge in [-0.3, -0.25) is 9.80 Å². The lowest BCUT2D eigenvalue weighted by Crippen LogP contribution is -2.33. The quantitative estimate of drug-likeness (QED) is 0.558. The smallest absolute Gasteiger partial charge is 0.119 e. The zero-order chi connectivity index (χ0) is 21.1. The summed E-state index contributed by atoms with van der Waals surface area (Å²) in [6.45, 7) is 8.58. The molecular weight excluding hydrogens is 364 g/mol. The van der Waals surface area contributed by atoms with Crippen molar-refractivity contribution in [3.63, 3.8) is 0 Å². The van der Waals surface area contributed by atoms with Gasteiger partial charge in [0.1, 0.15) is 18.5 Å². The minimum absolute atomic E-state index is 0.282. The molecule has 2 aromatic rings. The van der Waals surface area contributed by atoms with E-state index in [-0.39, 0.29) is 6.61 Å². The van der Waals surface area contributed by atoms with Crippen LogP contribution in [0.4, 0.5) is 0 Å². The first-order chi connectivity index (χ1) is 14.0. The molecule has 0 aliphatic heterocycles. The van der Waals surface area contributed by atoms with E-state index in [9.17, 15) is 5.11 Å². The number of aliphatic hydroxyl groups is 1. The predicted molar refractivity (Wildman–Crippen MR) is 118 cm³/mol. The molecule has 0 radical (unpaired) electrons. The Balaban J connectivity index is 1.75. The number of likely N-dealkylation sites (N-methyl/N-ethyl adjacent to an activating group) is 1. The van der Waals surface area contributed by atoms with Crippen LogP contribution in [-0.2, 0) is 17.8 Å². The SMILES string of the molecule is COCCN(Cc1ccc(OCC(O)CN(C)Cc2ccccc2)cc1)C(C)C. The molecule has 1 atom stereocenters. The normalized spacial score (nSPS) is 12.7. The number of aliphatic hydroxyl groups excluding tert-OH is 1. The molecule has 5 heteroatoms. The van der Waals surface area contributed by atoms with E-state index in [2.05, 4.69) is 47.9 Å². The van der Waals surface area contributed by atoms with E-state index < -0.39 is 6.10 Å². The molecule has 0 saturated carbocycles. The summed E-state index contributed by atoms with van der Waals surface area (Å²) in [4.78, 5) is 4.48. The molecule has 0 saturated heterocycles. The molecule has 0 heterocycles. The van der Waals surface area contributed by atoms with Crippen LogP contribution < -0.4 is 4.74 Å². The third kappa shape index (κ3) is 8.96. The number of methoxy groups -OCH3 is 1. The Morgan fingerprint density at radius 2 is 1.59 bits per heavy atom. The molecule has 29 heavy (non-hydrogen) atoms. The van der Waals surface area contributed by atoms with Gasteiger partial charge in [0.2, 0.25) is 0 Å². The first kappa shape index (κ1) is 23.4. The van der Waals surface area contributed by atoms with Crippen molar-refractivity contribution in [2.45, 2.75) is 39.1 Å². The predicted octanol–water partition coefficient (Wildman–Crippen LogP) is 3.42. The highest BCUT2D eigenvalue weighted by Crippen LogP contribution is 2.15. The van der Waals surface area contributed by atoms with Crippen molar-refractivity contribution in [1.29, 1.82) is 0 Å². The molecule has 0 amide bonds. The summed E-state index contributed by atoms with van der Waals surface area (Å²) in [5.41, 5.74) is 2.48. The van der Waals surface area contributed by atoms with Crippen LogP contribution in [0.3, 0.4) is 0 Å². The van der Waals surface area contributed by atoms with Crippen LogP contribution in [0.1, 0.15) is 25.0 Å². The minimum atomic E-state index is -0.533. The van der Waals surface area contributed by atoms with Gasteiger partial charge in [-0.2, -0.15) is 0 Å². The van der Waals surface area contributed by atoms with Gasteiger partial charge in [0.25, 0.3) is 0 Å². The fraction of sp³-hybridized carbons (Fsp3) is 0.500. The second-order valence-corrected chi connectivity index (χ2v) is 7.85. The van der Waals surface area contributed by atoms with Crippen molar-refractivity contribution < 1.29 is 14.6 Å². The Hall–Kier alpha value is -1.92. The second kappa shape index (κ2) is 12.6. The Kier molecular flexibility index (Phi) is 10.2. The standard InChI is InChI=1S/C24H36N2O3/c1-20(2)26(14-15-28-4)17-22-10-12-24(13-11-22)29-19-23(27)18-25(3)16-21-8-6-5-7-9-21/h5-13,20,23,27H,14-19H2,1-4H3. The van der Waals surface area contributed by atoms with E-state index in [0.717, 1.165) is 32.0 Å². The van der Waals surface area contributed by atoms with Crippen molar-refractivity contribution in [3.05, 3.63) is 65.7 Å². The fourth-order valence-corrected chi connectivity index (χ4v) is 3.22. The van der Waals surface area contributed by atoms with Gasteiger partial charge in [0, 0.05) is 39.3 Å². The molecule has 0 spiro atoms. The third-order valence-corrected chi connectivity index (χ3v) is 4.88. The van der Waals surface area contributed by atoms with Gasteiger partial charge < -0.3 is 14.6 Å². The van der Waals surface area contributed by atoms with E-state index in [0.29, 0.717) is 12.6 Å². The van der Waals surface area contributed by atoms with Crippen molar-refractivity contribution >= 4 is 0 Å². The Morgan fingerprint density at radius 1 is 0.931 bits per heavy atom. The summed E-state index contributed by atoms with van der Waals surface area (Å²) >= 11 is 0. The topological polar surface area (TPSA) is 45.2 Å². The van der Waals surface area contributed by atoms with Gasteiger partial charge in [-0.15, -0.1) is 0 Å². The maximum atomic E-state index is 10.3. The van der Waals surface area contributed by atoms with Crippen LogP contribution in [0.2, 0.25) is 0 Å². The average molecular weight is 401 g/mol. The van der Waals surface area contributed by atoms with Crippen molar-refractivity contribution in [2.24, 2.45) is 0 Å². The van der Waals surface area contributed by atoms with Crippen LogP contribution in [0.25, 0.3) is 0 Å². The van der Waals surface area contributed by atoms with E-state index in [1.165, 1.54) is 11.1 Å². The number of ether oxygens (including phenoxy) is 2. The van der Waals surface area contributed by atoms with Gasteiger partial charge in [-0.25, -0.2) is 0 Å². The fourth-order valence-electron chi connectivity index (χ4n) is 3.22. The van der Waals surface area contributed by atoms with E-state index >= 15 is 0 Å².